The first kappa shape index (κ1) is 16.6. The second kappa shape index (κ2) is 8.02. The number of benzene rings is 1. The maximum atomic E-state index is 11.9. The van der Waals surface area contributed by atoms with Crippen LogP contribution in [-0.4, -0.2) is 30.4 Å². The fraction of sp³-hybridized carbons (Fsp3) is 0.562. The van der Waals surface area contributed by atoms with E-state index in [1.54, 1.807) is 12.1 Å². The van der Waals surface area contributed by atoms with E-state index < -0.39 is 0 Å². The Bertz CT molecular complexity index is 493. The second-order valence-electron chi connectivity index (χ2n) is 5.68. The smallest absolute Gasteiger partial charge is 0.220 e. The molecule has 0 unspecified atom stereocenters. The number of hydrogen-bond acceptors (Lipinski definition) is 2. The summed E-state index contributed by atoms with van der Waals surface area (Å²) in [5.74, 6) is 0.0833. The van der Waals surface area contributed by atoms with E-state index in [4.69, 9.17) is 23.2 Å². The summed E-state index contributed by atoms with van der Waals surface area (Å²) >= 11 is 11.9. The van der Waals surface area contributed by atoms with Crippen LogP contribution >= 0.6 is 23.2 Å². The molecule has 0 aliphatic carbocycles. The number of likely N-dealkylation sites (tertiary alicyclic amines) is 1. The van der Waals surface area contributed by atoms with Gasteiger partial charge in [-0.25, -0.2) is 0 Å². The van der Waals surface area contributed by atoms with Crippen molar-refractivity contribution >= 4 is 29.1 Å². The van der Waals surface area contributed by atoms with E-state index in [9.17, 15) is 4.79 Å². The van der Waals surface area contributed by atoms with Gasteiger partial charge in [0.1, 0.15) is 0 Å². The Hall–Kier alpha value is -0.770. The molecule has 5 heteroatoms. The highest BCUT2D eigenvalue weighted by molar-refractivity contribution is 6.35. The van der Waals surface area contributed by atoms with Crippen LogP contribution in [0.2, 0.25) is 10.0 Å². The van der Waals surface area contributed by atoms with E-state index in [1.165, 1.54) is 19.3 Å². The van der Waals surface area contributed by atoms with Gasteiger partial charge in [0.25, 0.3) is 0 Å². The molecule has 1 N–H and O–H groups in total. The Morgan fingerprint density at radius 2 is 2.19 bits per heavy atom. The minimum atomic E-state index is 0.0833. The van der Waals surface area contributed by atoms with Gasteiger partial charge in [-0.3, -0.25) is 4.79 Å². The van der Waals surface area contributed by atoms with Crippen LogP contribution in [0.15, 0.2) is 18.2 Å². The van der Waals surface area contributed by atoms with Gasteiger partial charge >= 0.3 is 0 Å². The largest absolute Gasteiger partial charge is 0.352 e. The topological polar surface area (TPSA) is 32.3 Å². The van der Waals surface area contributed by atoms with Crippen molar-refractivity contribution in [1.29, 1.82) is 0 Å². The van der Waals surface area contributed by atoms with Crippen LogP contribution in [0, 0.1) is 0 Å². The summed E-state index contributed by atoms with van der Waals surface area (Å²) in [5.41, 5.74) is 0.893. The summed E-state index contributed by atoms with van der Waals surface area (Å²) in [4.78, 5) is 14.3. The summed E-state index contributed by atoms with van der Waals surface area (Å²) in [7, 11) is 2.15. The Labute approximate surface area is 136 Å². The average Bonchev–Trinajstić information content (AvgIpc) is 2.45. The molecular formula is C16H22Cl2N2O. The Balaban J connectivity index is 1.74. The first-order valence-electron chi connectivity index (χ1n) is 7.47. The van der Waals surface area contributed by atoms with E-state index in [1.807, 2.05) is 6.07 Å². The van der Waals surface area contributed by atoms with Gasteiger partial charge in [-0.15, -0.1) is 0 Å². The van der Waals surface area contributed by atoms with Gasteiger partial charge in [-0.1, -0.05) is 35.7 Å². The van der Waals surface area contributed by atoms with Crippen LogP contribution in [0.25, 0.3) is 0 Å². The molecule has 0 bridgehead atoms. The first-order chi connectivity index (χ1) is 10.1. The third-order valence-electron chi connectivity index (χ3n) is 4.12. The SMILES string of the molecule is CN1CCCC[C@H]1CCC(=O)NCc1ccc(Cl)cc1Cl. The standard InChI is InChI=1S/C16H22Cl2N2O/c1-20-9-3-2-4-14(20)7-8-16(21)19-11-12-5-6-13(17)10-15(12)18/h5-6,10,14H,2-4,7-9,11H2,1H3,(H,19,21)/t14-/m0/s1. The minimum absolute atomic E-state index is 0.0833. The maximum absolute atomic E-state index is 11.9. The molecule has 1 aromatic rings. The molecule has 1 aliphatic heterocycles. The van der Waals surface area contributed by atoms with Crippen molar-refractivity contribution in [3.63, 3.8) is 0 Å². The van der Waals surface area contributed by atoms with Gasteiger partial charge in [0.05, 0.1) is 0 Å². The second-order valence-corrected chi connectivity index (χ2v) is 6.52. The van der Waals surface area contributed by atoms with Gasteiger partial charge in [0.15, 0.2) is 0 Å². The van der Waals surface area contributed by atoms with Gasteiger partial charge < -0.3 is 10.2 Å². The summed E-state index contributed by atoms with van der Waals surface area (Å²) in [6.45, 7) is 1.60. The van der Waals surface area contributed by atoms with Crippen molar-refractivity contribution in [2.24, 2.45) is 0 Å². The zero-order chi connectivity index (χ0) is 15.2. The Morgan fingerprint density at radius 3 is 2.90 bits per heavy atom. The number of carbonyl (C=O) groups excluding carboxylic acids is 1. The number of carbonyl (C=O) groups is 1. The predicted molar refractivity (Wildman–Crippen MR) is 87.8 cm³/mol. The number of hydrogen-bond donors (Lipinski definition) is 1. The first-order valence-corrected chi connectivity index (χ1v) is 8.22. The van der Waals surface area contributed by atoms with Crippen LogP contribution < -0.4 is 5.32 Å². The quantitative estimate of drug-likeness (QED) is 0.889. The van der Waals surface area contributed by atoms with E-state index in [0.29, 0.717) is 29.1 Å². The third kappa shape index (κ3) is 5.17. The van der Waals surface area contributed by atoms with Crippen molar-refractivity contribution in [2.75, 3.05) is 13.6 Å². The molecule has 1 fully saturated rings. The van der Waals surface area contributed by atoms with Crippen molar-refractivity contribution in [3.05, 3.63) is 33.8 Å². The molecule has 1 atom stereocenters. The van der Waals surface area contributed by atoms with Crippen LogP contribution in [0.4, 0.5) is 0 Å². The van der Waals surface area contributed by atoms with Crippen molar-refractivity contribution in [2.45, 2.75) is 44.7 Å². The molecular weight excluding hydrogens is 307 g/mol. The lowest BCUT2D eigenvalue weighted by atomic mass is 9.98. The summed E-state index contributed by atoms with van der Waals surface area (Å²) < 4.78 is 0. The lowest BCUT2D eigenvalue weighted by Crippen LogP contribution is -2.37. The Morgan fingerprint density at radius 1 is 1.38 bits per heavy atom. The average molecular weight is 329 g/mol. The van der Waals surface area contributed by atoms with Crippen molar-refractivity contribution in [1.82, 2.24) is 10.2 Å². The fourth-order valence-electron chi connectivity index (χ4n) is 2.75. The van der Waals surface area contributed by atoms with Crippen molar-refractivity contribution < 1.29 is 4.79 Å². The number of halogens is 2. The minimum Gasteiger partial charge on any atom is -0.352 e. The number of rotatable bonds is 5. The van der Waals surface area contributed by atoms with E-state index in [2.05, 4.69) is 17.3 Å². The highest BCUT2D eigenvalue weighted by atomic mass is 35.5. The highest BCUT2D eigenvalue weighted by Crippen LogP contribution is 2.21. The molecule has 2 rings (SSSR count). The normalized spacial score (nSPS) is 19.5. The van der Waals surface area contributed by atoms with Crippen LogP contribution in [0.3, 0.4) is 0 Å². The monoisotopic (exact) mass is 328 g/mol. The lowest BCUT2D eigenvalue weighted by molar-refractivity contribution is -0.121. The maximum Gasteiger partial charge on any atom is 0.220 e. The van der Waals surface area contributed by atoms with E-state index in [0.717, 1.165) is 18.5 Å². The van der Waals surface area contributed by atoms with E-state index in [-0.39, 0.29) is 5.91 Å². The van der Waals surface area contributed by atoms with E-state index >= 15 is 0 Å². The lowest BCUT2D eigenvalue weighted by Gasteiger charge is -2.32. The zero-order valence-corrected chi connectivity index (χ0v) is 13.9. The molecule has 0 spiro atoms. The Kier molecular flexibility index (Phi) is 6.34. The third-order valence-corrected chi connectivity index (χ3v) is 4.70. The van der Waals surface area contributed by atoms with Gasteiger partial charge in [-0.05, 0) is 50.6 Å². The molecule has 1 saturated heterocycles. The fourth-order valence-corrected chi connectivity index (χ4v) is 3.23. The molecule has 0 saturated carbocycles. The number of nitrogens with zero attached hydrogens (tertiary/aromatic N) is 1. The molecule has 1 aromatic carbocycles. The van der Waals surface area contributed by atoms with Gasteiger partial charge in [0.2, 0.25) is 5.91 Å². The summed E-state index contributed by atoms with van der Waals surface area (Å²) in [5, 5.41) is 4.13. The van der Waals surface area contributed by atoms with Gasteiger partial charge in [0, 0.05) is 29.1 Å². The molecule has 1 amide bonds. The van der Waals surface area contributed by atoms with Crippen LogP contribution in [0.1, 0.15) is 37.7 Å². The zero-order valence-electron chi connectivity index (χ0n) is 12.4. The molecule has 0 aromatic heterocycles. The number of piperidine rings is 1. The molecule has 3 nitrogen and oxygen atoms in total. The van der Waals surface area contributed by atoms with Gasteiger partial charge in [-0.2, -0.15) is 0 Å². The van der Waals surface area contributed by atoms with Crippen LogP contribution in [-0.2, 0) is 11.3 Å². The molecule has 0 radical (unpaired) electrons. The highest BCUT2D eigenvalue weighted by Gasteiger charge is 2.19. The molecule has 1 heterocycles. The number of amides is 1. The summed E-state index contributed by atoms with van der Waals surface area (Å²) in [6.07, 6.45) is 5.25. The van der Waals surface area contributed by atoms with Crippen molar-refractivity contribution in [3.8, 4) is 0 Å². The molecule has 1 aliphatic rings. The molecule has 21 heavy (non-hydrogen) atoms. The molecule has 116 valence electrons. The number of nitrogens with one attached hydrogen (secondary N) is 1. The summed E-state index contributed by atoms with van der Waals surface area (Å²) in [6, 6.07) is 5.87. The van der Waals surface area contributed by atoms with Crippen LogP contribution in [0.5, 0.6) is 0 Å². The predicted octanol–water partition coefficient (Wildman–Crippen LogP) is 3.87.